The maximum Gasteiger partial charge on any atom is 0.421 e. The van der Waals surface area contributed by atoms with Crippen LogP contribution >= 0.6 is 0 Å². The van der Waals surface area contributed by atoms with E-state index in [1.165, 1.54) is 74.8 Å². The summed E-state index contributed by atoms with van der Waals surface area (Å²) in [4.78, 5) is 23.3. The van der Waals surface area contributed by atoms with E-state index in [-0.39, 0.29) is 5.56 Å². The molecule has 0 saturated heterocycles. The van der Waals surface area contributed by atoms with Crippen LogP contribution in [-0.4, -0.2) is 4.57 Å². The van der Waals surface area contributed by atoms with Gasteiger partial charge in [-0.25, -0.2) is 9.36 Å². The molecule has 132 valence electrons. The molecule has 0 saturated carbocycles. The average Bonchev–Trinajstić information content (AvgIpc) is 2.50. The molecule has 0 fully saturated rings. The Morgan fingerprint density at radius 2 is 1.30 bits per heavy atom. The van der Waals surface area contributed by atoms with Gasteiger partial charge in [0.2, 0.25) is 0 Å². The number of hydrogen-bond acceptors (Lipinski definition) is 3. The first-order chi connectivity index (χ1) is 11.1. The molecule has 0 N–H and O–H groups in total. The molecule has 0 atom stereocenters. The third-order valence-electron chi connectivity index (χ3n) is 4.30. The molecular weight excluding hydrogens is 290 g/mol. The van der Waals surface area contributed by atoms with Crippen molar-refractivity contribution in [3.8, 4) is 0 Å². The maximum absolute atomic E-state index is 11.7. The number of aryl methyl sites for hydroxylation is 1. The molecule has 4 heteroatoms. The summed E-state index contributed by atoms with van der Waals surface area (Å²) in [6.07, 6.45) is 15.2. The Bertz CT molecular complexity index is 499. The van der Waals surface area contributed by atoms with Crippen molar-refractivity contribution < 1.29 is 4.42 Å². The second kappa shape index (κ2) is 12.1. The lowest BCUT2D eigenvalue weighted by atomic mass is 10.1. The normalized spacial score (nSPS) is 11.0. The molecule has 0 amide bonds. The Balaban J connectivity index is 2.00. The zero-order chi connectivity index (χ0) is 16.9. The fourth-order valence-corrected chi connectivity index (χ4v) is 2.88. The van der Waals surface area contributed by atoms with Crippen LogP contribution in [0.3, 0.4) is 0 Å². The number of rotatable bonds is 13. The van der Waals surface area contributed by atoms with Crippen molar-refractivity contribution in [2.24, 2.45) is 0 Å². The average molecular weight is 323 g/mol. The van der Waals surface area contributed by atoms with Crippen LogP contribution in [0.4, 0.5) is 0 Å². The van der Waals surface area contributed by atoms with Gasteiger partial charge in [-0.2, -0.15) is 0 Å². The first-order valence-corrected chi connectivity index (χ1v) is 9.36. The lowest BCUT2D eigenvalue weighted by Crippen LogP contribution is -2.32. The van der Waals surface area contributed by atoms with Gasteiger partial charge in [0, 0.05) is 12.6 Å². The maximum atomic E-state index is 11.7. The van der Waals surface area contributed by atoms with Gasteiger partial charge in [0.1, 0.15) is 5.76 Å². The Hall–Kier alpha value is -1.32. The minimum absolute atomic E-state index is 0.248. The van der Waals surface area contributed by atoms with Crippen molar-refractivity contribution in [2.75, 3.05) is 0 Å². The Morgan fingerprint density at radius 1 is 0.826 bits per heavy atom. The van der Waals surface area contributed by atoms with Crippen LogP contribution in [0.25, 0.3) is 0 Å². The van der Waals surface area contributed by atoms with Crippen LogP contribution in [0.1, 0.15) is 89.7 Å². The molecule has 0 spiro atoms. The van der Waals surface area contributed by atoms with Crippen molar-refractivity contribution in [3.63, 3.8) is 0 Å². The van der Waals surface area contributed by atoms with E-state index in [1.54, 1.807) is 6.92 Å². The molecule has 0 aliphatic rings. The summed E-state index contributed by atoms with van der Waals surface area (Å²) >= 11 is 0. The zero-order valence-corrected chi connectivity index (χ0v) is 14.9. The highest BCUT2D eigenvalue weighted by Gasteiger charge is 2.03. The van der Waals surface area contributed by atoms with Crippen molar-refractivity contribution >= 4 is 0 Å². The monoisotopic (exact) mass is 323 g/mol. The van der Waals surface area contributed by atoms with Gasteiger partial charge in [-0.15, -0.1) is 0 Å². The van der Waals surface area contributed by atoms with Crippen LogP contribution in [0.5, 0.6) is 0 Å². The van der Waals surface area contributed by atoms with E-state index in [9.17, 15) is 9.59 Å². The third kappa shape index (κ3) is 8.77. The Morgan fingerprint density at radius 3 is 1.78 bits per heavy atom. The molecule has 1 aromatic heterocycles. The molecule has 0 bridgehead atoms. The topological polar surface area (TPSA) is 52.2 Å². The SMILES string of the molecule is CCCCCCCCCCCCCCn1c(=O)cc(C)oc1=O. The van der Waals surface area contributed by atoms with Gasteiger partial charge in [0.05, 0.1) is 0 Å². The molecule has 0 aliphatic carbocycles. The van der Waals surface area contributed by atoms with Gasteiger partial charge in [0.15, 0.2) is 0 Å². The van der Waals surface area contributed by atoms with Gasteiger partial charge in [0.25, 0.3) is 5.56 Å². The van der Waals surface area contributed by atoms with Gasteiger partial charge >= 0.3 is 5.76 Å². The van der Waals surface area contributed by atoms with Gasteiger partial charge in [-0.05, 0) is 13.3 Å². The highest BCUT2D eigenvalue weighted by atomic mass is 16.4. The fourth-order valence-electron chi connectivity index (χ4n) is 2.88. The summed E-state index contributed by atoms with van der Waals surface area (Å²) in [6, 6.07) is 1.38. The van der Waals surface area contributed by atoms with E-state index in [1.807, 2.05) is 0 Å². The smallest absolute Gasteiger partial charge is 0.415 e. The van der Waals surface area contributed by atoms with Gasteiger partial charge in [-0.1, -0.05) is 77.6 Å². The van der Waals surface area contributed by atoms with Crippen molar-refractivity contribution in [1.29, 1.82) is 0 Å². The second-order valence-corrected chi connectivity index (χ2v) is 6.50. The van der Waals surface area contributed by atoms with Crippen LogP contribution < -0.4 is 11.3 Å². The number of nitrogens with zero attached hydrogens (tertiary/aromatic N) is 1. The van der Waals surface area contributed by atoms with Crippen molar-refractivity contribution in [3.05, 3.63) is 32.7 Å². The minimum Gasteiger partial charge on any atom is -0.415 e. The Labute approximate surface area is 139 Å². The van der Waals surface area contributed by atoms with E-state index in [0.717, 1.165) is 12.8 Å². The molecule has 1 rings (SSSR count). The summed E-state index contributed by atoms with van der Waals surface area (Å²) in [5, 5.41) is 0. The predicted molar refractivity (Wildman–Crippen MR) is 95.1 cm³/mol. The second-order valence-electron chi connectivity index (χ2n) is 6.50. The van der Waals surface area contributed by atoms with E-state index in [4.69, 9.17) is 4.42 Å². The molecule has 1 aromatic rings. The molecule has 1 heterocycles. The summed E-state index contributed by atoms with van der Waals surface area (Å²) < 4.78 is 6.15. The number of unbranched alkanes of at least 4 members (excludes halogenated alkanes) is 11. The molecule has 0 aliphatic heterocycles. The first-order valence-electron chi connectivity index (χ1n) is 9.36. The summed E-state index contributed by atoms with van der Waals surface area (Å²) in [6.45, 7) is 4.34. The third-order valence-corrected chi connectivity index (χ3v) is 4.30. The van der Waals surface area contributed by atoms with E-state index >= 15 is 0 Å². The van der Waals surface area contributed by atoms with Crippen LogP contribution in [0, 0.1) is 6.92 Å². The van der Waals surface area contributed by atoms with Crippen LogP contribution in [0.2, 0.25) is 0 Å². The van der Waals surface area contributed by atoms with Gasteiger partial charge < -0.3 is 4.42 Å². The molecular formula is C19H33NO3. The fraction of sp³-hybridized carbons (Fsp3) is 0.789. The van der Waals surface area contributed by atoms with Crippen molar-refractivity contribution in [2.45, 2.75) is 97.4 Å². The number of aromatic nitrogens is 1. The molecule has 0 aromatic carbocycles. The largest absolute Gasteiger partial charge is 0.421 e. The molecule has 4 nitrogen and oxygen atoms in total. The summed E-state index contributed by atoms with van der Waals surface area (Å²) in [5.74, 6) is -0.149. The molecule has 23 heavy (non-hydrogen) atoms. The number of hydrogen-bond donors (Lipinski definition) is 0. The zero-order valence-electron chi connectivity index (χ0n) is 14.9. The summed E-state index contributed by atoms with van der Waals surface area (Å²) in [7, 11) is 0. The Kier molecular flexibility index (Phi) is 10.4. The predicted octanol–water partition coefficient (Wildman–Crippen LogP) is 4.81. The van der Waals surface area contributed by atoms with Crippen LogP contribution in [-0.2, 0) is 6.54 Å². The molecule has 0 unspecified atom stereocenters. The van der Waals surface area contributed by atoms with Gasteiger partial charge in [-0.3, -0.25) is 4.79 Å². The van der Waals surface area contributed by atoms with E-state index in [2.05, 4.69) is 6.92 Å². The van der Waals surface area contributed by atoms with Crippen LogP contribution in [0.15, 0.2) is 20.1 Å². The lowest BCUT2D eigenvalue weighted by molar-refractivity contribution is 0.390. The minimum atomic E-state index is -0.530. The first kappa shape index (κ1) is 19.7. The summed E-state index contributed by atoms with van der Waals surface area (Å²) in [5.41, 5.74) is -0.248. The highest BCUT2D eigenvalue weighted by molar-refractivity contribution is 4.91. The quantitative estimate of drug-likeness (QED) is 0.489. The standard InChI is InChI=1S/C19H33NO3/c1-3-4-5-6-7-8-9-10-11-12-13-14-15-20-18(21)16-17(2)23-19(20)22/h16H,3-15H2,1-2H3. The van der Waals surface area contributed by atoms with Crippen molar-refractivity contribution in [1.82, 2.24) is 4.57 Å². The highest BCUT2D eigenvalue weighted by Crippen LogP contribution is 2.11. The molecule has 0 radical (unpaired) electrons. The van der Waals surface area contributed by atoms with E-state index in [0.29, 0.717) is 12.3 Å². The van der Waals surface area contributed by atoms with E-state index < -0.39 is 5.76 Å². The lowest BCUT2D eigenvalue weighted by Gasteiger charge is -2.04.